The van der Waals surface area contributed by atoms with Gasteiger partial charge in [-0.3, -0.25) is 0 Å². The van der Waals surface area contributed by atoms with Gasteiger partial charge in [0.1, 0.15) is 0 Å². The summed E-state index contributed by atoms with van der Waals surface area (Å²) >= 11 is 8.10. The topological polar surface area (TPSA) is 0 Å². The van der Waals surface area contributed by atoms with E-state index in [1.807, 2.05) is 11.4 Å². The fourth-order valence-corrected chi connectivity index (χ4v) is 8.47. The second-order valence-electron chi connectivity index (χ2n) is 4.41. The number of unbranched alkanes of at least 4 members (excludes halogenated alkanes) is 1. The van der Waals surface area contributed by atoms with E-state index in [-0.39, 0.29) is 0 Å². The molecule has 0 fully saturated rings. The molecule has 2 rings (SSSR count). The molecule has 0 nitrogen and oxygen atoms in total. The summed E-state index contributed by atoms with van der Waals surface area (Å²) in [5, 5.41) is 0.930. The molecule has 0 aliphatic rings. The predicted octanol–water partition coefficient (Wildman–Crippen LogP) is 4.57. The van der Waals surface area contributed by atoms with Crippen LogP contribution in [0.3, 0.4) is 0 Å². The third-order valence-electron chi connectivity index (χ3n) is 2.96. The van der Waals surface area contributed by atoms with E-state index in [0.717, 1.165) is 5.75 Å². The summed E-state index contributed by atoms with van der Waals surface area (Å²) in [5.74, 6) is 1.15. The van der Waals surface area contributed by atoms with Crippen LogP contribution in [-0.2, 0) is 11.8 Å². The maximum atomic E-state index is 6.12. The first-order valence-corrected chi connectivity index (χ1v) is 11.0. The van der Waals surface area contributed by atoms with Crippen LogP contribution < -0.4 is 10.6 Å². The Hall–Kier alpha value is -0.560. The third-order valence-corrected chi connectivity index (χ3v) is 10.9. The summed E-state index contributed by atoms with van der Waals surface area (Å²) in [6, 6.07) is 21.3. The lowest BCUT2D eigenvalue weighted by molar-refractivity contribution is 0.898. The predicted molar refractivity (Wildman–Crippen MR) is 93.8 cm³/mol. The van der Waals surface area contributed by atoms with Crippen molar-refractivity contribution in [2.24, 2.45) is 0 Å². The van der Waals surface area contributed by atoms with Gasteiger partial charge in [-0.1, -0.05) is 85.8 Å². The fraction of sp³-hybridized carbons (Fsp3) is 0.250. The van der Waals surface area contributed by atoms with Crippen LogP contribution in [0.25, 0.3) is 0 Å². The van der Waals surface area contributed by atoms with E-state index in [0.29, 0.717) is 0 Å². The number of hydrogen-bond acceptors (Lipinski definition) is 2. The van der Waals surface area contributed by atoms with Crippen molar-refractivity contribution in [1.82, 2.24) is 0 Å². The highest BCUT2D eigenvalue weighted by Crippen LogP contribution is 2.56. The molecule has 0 saturated heterocycles. The molecule has 3 heteroatoms. The molecule has 0 amide bonds. The molecule has 0 radical (unpaired) electrons. The van der Waals surface area contributed by atoms with E-state index in [1.165, 1.54) is 23.5 Å². The van der Waals surface area contributed by atoms with Crippen LogP contribution in [0, 0.1) is 0 Å². The van der Waals surface area contributed by atoms with Gasteiger partial charge in [-0.05, 0) is 22.8 Å². The minimum Gasteiger partial charge on any atom is -0.115 e. The van der Waals surface area contributed by atoms with Crippen molar-refractivity contribution in [1.29, 1.82) is 0 Å². The summed E-state index contributed by atoms with van der Waals surface area (Å²) in [4.78, 5) is 0. The zero-order valence-electron chi connectivity index (χ0n) is 11.2. The molecule has 0 aromatic heterocycles. The standard InChI is InChI=1S/C16H19PS2/c1-2-3-14-19-17(18,15-10-6-4-7-11-15)16-12-8-5-9-13-16/h4-13H,2-3,14H2,1H3. The lowest BCUT2D eigenvalue weighted by atomic mass is 10.4. The van der Waals surface area contributed by atoms with Gasteiger partial charge in [0.2, 0.25) is 0 Å². The van der Waals surface area contributed by atoms with Crippen molar-refractivity contribution in [3.8, 4) is 0 Å². The van der Waals surface area contributed by atoms with Crippen molar-refractivity contribution >= 4 is 39.0 Å². The van der Waals surface area contributed by atoms with Crippen molar-refractivity contribution in [2.45, 2.75) is 19.8 Å². The smallest absolute Gasteiger partial charge is 0.0613 e. The van der Waals surface area contributed by atoms with Gasteiger partial charge >= 0.3 is 0 Å². The highest BCUT2D eigenvalue weighted by Gasteiger charge is 2.22. The molecule has 0 aliphatic heterocycles. The average Bonchev–Trinajstić information content (AvgIpc) is 2.49. The molecule has 2 aromatic carbocycles. The van der Waals surface area contributed by atoms with E-state index in [4.69, 9.17) is 11.8 Å². The Morgan fingerprint density at radius 2 is 1.37 bits per heavy atom. The normalized spacial score (nSPS) is 11.4. The number of rotatable bonds is 6. The third kappa shape index (κ3) is 3.72. The van der Waals surface area contributed by atoms with Crippen molar-refractivity contribution in [3.63, 3.8) is 0 Å². The molecule has 0 unspecified atom stereocenters. The highest BCUT2D eigenvalue weighted by atomic mass is 32.9. The van der Waals surface area contributed by atoms with Gasteiger partial charge in [-0.25, -0.2) is 0 Å². The van der Waals surface area contributed by atoms with Gasteiger partial charge < -0.3 is 0 Å². The van der Waals surface area contributed by atoms with Gasteiger partial charge in [-0.15, -0.1) is 11.4 Å². The molecule has 100 valence electrons. The van der Waals surface area contributed by atoms with E-state index in [2.05, 4.69) is 67.6 Å². The molecule has 0 spiro atoms. The second kappa shape index (κ2) is 7.28. The molecular formula is C16H19PS2. The second-order valence-corrected chi connectivity index (χ2v) is 12.0. The largest absolute Gasteiger partial charge is 0.115 e. The Labute approximate surface area is 125 Å². The van der Waals surface area contributed by atoms with Crippen LogP contribution >= 0.6 is 16.6 Å². The van der Waals surface area contributed by atoms with Crippen LogP contribution in [0.5, 0.6) is 0 Å². The van der Waals surface area contributed by atoms with Gasteiger partial charge in [0.15, 0.2) is 0 Å². The van der Waals surface area contributed by atoms with Gasteiger partial charge in [-0.2, -0.15) is 0 Å². The minimum atomic E-state index is -1.70. The molecule has 0 atom stereocenters. The van der Waals surface area contributed by atoms with Crippen molar-refractivity contribution in [3.05, 3.63) is 60.7 Å². The summed E-state index contributed by atoms with van der Waals surface area (Å²) < 4.78 is 0. The summed E-state index contributed by atoms with van der Waals surface area (Å²) in [6.45, 7) is 2.23. The van der Waals surface area contributed by atoms with Crippen LogP contribution in [0.4, 0.5) is 0 Å². The Bertz CT molecular complexity index is 494. The van der Waals surface area contributed by atoms with Gasteiger partial charge in [0.05, 0.1) is 5.24 Å². The quantitative estimate of drug-likeness (QED) is 0.566. The van der Waals surface area contributed by atoms with Crippen molar-refractivity contribution < 1.29 is 0 Å². The fourth-order valence-electron chi connectivity index (χ4n) is 1.88. The van der Waals surface area contributed by atoms with E-state index >= 15 is 0 Å². The molecular weight excluding hydrogens is 287 g/mol. The lowest BCUT2D eigenvalue weighted by Crippen LogP contribution is -2.13. The van der Waals surface area contributed by atoms with Gasteiger partial charge in [0, 0.05) is 0 Å². The molecule has 0 bridgehead atoms. The Morgan fingerprint density at radius 1 is 0.895 bits per heavy atom. The molecule has 2 aromatic rings. The molecule has 0 heterocycles. The van der Waals surface area contributed by atoms with Crippen LogP contribution in [0.1, 0.15) is 19.8 Å². The minimum absolute atomic E-state index is 1.15. The van der Waals surface area contributed by atoms with Crippen LogP contribution in [0.2, 0.25) is 0 Å². The monoisotopic (exact) mass is 306 g/mol. The first-order chi connectivity index (χ1) is 9.27. The summed E-state index contributed by atoms with van der Waals surface area (Å²) in [6.07, 6.45) is 2.47. The first-order valence-electron chi connectivity index (χ1n) is 6.63. The van der Waals surface area contributed by atoms with Gasteiger partial charge in [0.25, 0.3) is 0 Å². The average molecular weight is 306 g/mol. The van der Waals surface area contributed by atoms with Crippen molar-refractivity contribution in [2.75, 3.05) is 5.75 Å². The van der Waals surface area contributed by atoms with Crippen LogP contribution in [0.15, 0.2) is 60.7 Å². The number of benzene rings is 2. The Kier molecular flexibility index (Phi) is 5.69. The van der Waals surface area contributed by atoms with E-state index < -0.39 is 5.24 Å². The Balaban J connectivity index is 2.36. The van der Waals surface area contributed by atoms with E-state index in [9.17, 15) is 0 Å². The highest BCUT2D eigenvalue weighted by molar-refractivity contribution is 8.75. The first kappa shape index (κ1) is 14.8. The van der Waals surface area contributed by atoms with E-state index in [1.54, 1.807) is 0 Å². The zero-order chi connectivity index (χ0) is 13.6. The number of hydrogen-bond donors (Lipinski definition) is 0. The SMILES string of the molecule is CCCCSP(=S)(c1ccccc1)c1ccccc1. The lowest BCUT2D eigenvalue weighted by Gasteiger charge is -2.22. The molecule has 0 aliphatic carbocycles. The zero-order valence-corrected chi connectivity index (χ0v) is 13.7. The maximum Gasteiger partial charge on any atom is 0.0613 e. The summed E-state index contributed by atoms with van der Waals surface area (Å²) in [7, 11) is 0. The maximum absolute atomic E-state index is 6.12. The van der Waals surface area contributed by atoms with Crippen LogP contribution in [-0.4, -0.2) is 5.75 Å². The molecule has 0 saturated carbocycles. The Morgan fingerprint density at radius 3 is 1.79 bits per heavy atom. The summed E-state index contributed by atoms with van der Waals surface area (Å²) in [5.41, 5.74) is 0. The molecule has 19 heavy (non-hydrogen) atoms. The molecule has 0 N–H and O–H groups in total.